The van der Waals surface area contributed by atoms with Crippen molar-refractivity contribution < 1.29 is 0 Å². The van der Waals surface area contributed by atoms with Crippen LogP contribution >= 0.6 is 0 Å². The van der Waals surface area contributed by atoms with Crippen LogP contribution in [-0.4, -0.2) is 17.2 Å². The standard InChI is InChI=1S/C17H29N3/c1-4-6-7-8-9-12-19-17-15(11-10-13-20-17)16(18)14(3)5-2/h10-11,13-14,18H,4-9,12H2,1-3H3,(H,19,20). The average molecular weight is 275 g/mol. The van der Waals surface area contributed by atoms with E-state index in [0.29, 0.717) is 5.71 Å². The number of nitrogens with zero attached hydrogens (tertiary/aromatic N) is 1. The van der Waals surface area contributed by atoms with Gasteiger partial charge in [-0.3, -0.25) is 0 Å². The molecule has 0 bridgehead atoms. The molecule has 20 heavy (non-hydrogen) atoms. The summed E-state index contributed by atoms with van der Waals surface area (Å²) in [5.41, 5.74) is 1.64. The second-order valence-electron chi connectivity index (χ2n) is 5.46. The Balaban J connectivity index is 2.51. The molecule has 1 rings (SSSR count). The molecule has 112 valence electrons. The minimum Gasteiger partial charge on any atom is -0.370 e. The van der Waals surface area contributed by atoms with E-state index in [2.05, 4.69) is 31.1 Å². The fourth-order valence-corrected chi connectivity index (χ4v) is 2.17. The van der Waals surface area contributed by atoms with Crippen LogP contribution in [0.1, 0.15) is 64.9 Å². The van der Waals surface area contributed by atoms with Crippen molar-refractivity contribution >= 4 is 11.5 Å². The minimum absolute atomic E-state index is 0.282. The van der Waals surface area contributed by atoms with Gasteiger partial charge in [0.2, 0.25) is 0 Å². The monoisotopic (exact) mass is 275 g/mol. The summed E-state index contributed by atoms with van der Waals surface area (Å²) in [6, 6.07) is 3.92. The summed E-state index contributed by atoms with van der Waals surface area (Å²) in [5.74, 6) is 1.15. The normalized spacial score (nSPS) is 12.2. The van der Waals surface area contributed by atoms with Gasteiger partial charge in [0.25, 0.3) is 0 Å². The molecule has 2 N–H and O–H groups in total. The maximum absolute atomic E-state index is 8.27. The van der Waals surface area contributed by atoms with E-state index in [1.54, 1.807) is 6.20 Å². The Morgan fingerprint density at radius 3 is 2.70 bits per heavy atom. The molecule has 1 unspecified atom stereocenters. The fraction of sp³-hybridized carbons (Fsp3) is 0.647. The zero-order chi connectivity index (χ0) is 14.8. The molecular formula is C17H29N3. The maximum atomic E-state index is 8.27. The predicted molar refractivity (Wildman–Crippen MR) is 87.8 cm³/mol. The van der Waals surface area contributed by atoms with Crippen LogP contribution < -0.4 is 5.32 Å². The van der Waals surface area contributed by atoms with E-state index >= 15 is 0 Å². The number of unbranched alkanes of at least 4 members (excludes halogenated alkanes) is 4. The third kappa shape index (κ3) is 5.32. The van der Waals surface area contributed by atoms with Crippen molar-refractivity contribution in [2.75, 3.05) is 11.9 Å². The van der Waals surface area contributed by atoms with Crippen LogP contribution in [0.25, 0.3) is 0 Å². The van der Waals surface area contributed by atoms with Gasteiger partial charge in [0.1, 0.15) is 5.82 Å². The summed E-state index contributed by atoms with van der Waals surface area (Å²) in [5, 5.41) is 11.7. The van der Waals surface area contributed by atoms with Gasteiger partial charge in [-0.25, -0.2) is 4.98 Å². The van der Waals surface area contributed by atoms with E-state index in [9.17, 15) is 0 Å². The lowest BCUT2D eigenvalue weighted by molar-refractivity contribution is 0.644. The van der Waals surface area contributed by atoms with E-state index < -0.39 is 0 Å². The molecule has 0 saturated carbocycles. The van der Waals surface area contributed by atoms with Gasteiger partial charge in [-0.05, 0) is 30.9 Å². The van der Waals surface area contributed by atoms with Gasteiger partial charge in [0.15, 0.2) is 0 Å². The van der Waals surface area contributed by atoms with Crippen LogP contribution in [0.3, 0.4) is 0 Å². The molecule has 1 aromatic rings. The largest absolute Gasteiger partial charge is 0.370 e. The Bertz CT molecular complexity index is 401. The summed E-state index contributed by atoms with van der Waals surface area (Å²) in [6.07, 6.45) is 9.16. The summed E-state index contributed by atoms with van der Waals surface area (Å²) in [7, 11) is 0. The number of nitrogens with one attached hydrogen (secondary N) is 2. The lowest BCUT2D eigenvalue weighted by Gasteiger charge is -2.15. The Kier molecular flexibility index (Phi) is 7.93. The molecule has 0 spiro atoms. The van der Waals surface area contributed by atoms with Gasteiger partial charge in [-0.15, -0.1) is 0 Å². The van der Waals surface area contributed by atoms with Crippen LogP contribution in [0, 0.1) is 11.3 Å². The highest BCUT2D eigenvalue weighted by atomic mass is 15.0. The molecule has 1 atom stereocenters. The molecule has 0 saturated heterocycles. The van der Waals surface area contributed by atoms with Gasteiger partial charge in [-0.2, -0.15) is 0 Å². The van der Waals surface area contributed by atoms with E-state index in [1.165, 1.54) is 32.1 Å². The third-order valence-electron chi connectivity index (χ3n) is 3.78. The number of pyridine rings is 1. The minimum atomic E-state index is 0.282. The van der Waals surface area contributed by atoms with Gasteiger partial charge in [0, 0.05) is 24.0 Å². The first-order chi connectivity index (χ1) is 9.70. The zero-order valence-electron chi connectivity index (χ0n) is 13.2. The fourth-order valence-electron chi connectivity index (χ4n) is 2.17. The van der Waals surface area contributed by atoms with Gasteiger partial charge >= 0.3 is 0 Å². The van der Waals surface area contributed by atoms with Crippen molar-refractivity contribution in [2.24, 2.45) is 5.92 Å². The lowest BCUT2D eigenvalue weighted by Crippen LogP contribution is -2.15. The Labute approximate surface area is 123 Å². The van der Waals surface area contributed by atoms with Crippen molar-refractivity contribution in [1.29, 1.82) is 5.41 Å². The zero-order valence-corrected chi connectivity index (χ0v) is 13.2. The van der Waals surface area contributed by atoms with E-state index in [-0.39, 0.29) is 5.92 Å². The quantitative estimate of drug-likeness (QED) is 0.472. The van der Waals surface area contributed by atoms with E-state index in [0.717, 1.165) is 24.3 Å². The smallest absolute Gasteiger partial charge is 0.135 e. The van der Waals surface area contributed by atoms with Crippen molar-refractivity contribution in [3.63, 3.8) is 0 Å². The molecular weight excluding hydrogens is 246 g/mol. The van der Waals surface area contributed by atoms with Crippen molar-refractivity contribution in [3.8, 4) is 0 Å². The van der Waals surface area contributed by atoms with Gasteiger partial charge < -0.3 is 10.7 Å². The summed E-state index contributed by atoms with van der Waals surface area (Å²) >= 11 is 0. The molecule has 0 amide bonds. The van der Waals surface area contributed by atoms with Crippen molar-refractivity contribution in [1.82, 2.24) is 4.98 Å². The summed E-state index contributed by atoms with van der Waals surface area (Å²) < 4.78 is 0. The second-order valence-corrected chi connectivity index (χ2v) is 5.46. The van der Waals surface area contributed by atoms with Crippen LogP contribution in [0.2, 0.25) is 0 Å². The Morgan fingerprint density at radius 1 is 1.25 bits per heavy atom. The van der Waals surface area contributed by atoms with Gasteiger partial charge in [-0.1, -0.05) is 46.5 Å². The second kappa shape index (κ2) is 9.51. The molecule has 1 heterocycles. The molecule has 0 aliphatic heterocycles. The Hall–Kier alpha value is -1.38. The van der Waals surface area contributed by atoms with Gasteiger partial charge in [0.05, 0.1) is 0 Å². The first-order valence-corrected chi connectivity index (χ1v) is 7.98. The molecule has 0 radical (unpaired) electrons. The topological polar surface area (TPSA) is 48.8 Å². The highest BCUT2D eigenvalue weighted by Crippen LogP contribution is 2.18. The molecule has 0 aliphatic carbocycles. The number of anilines is 1. The summed E-state index contributed by atoms with van der Waals surface area (Å²) in [4.78, 5) is 4.40. The van der Waals surface area contributed by atoms with E-state index in [1.807, 2.05) is 12.1 Å². The summed E-state index contributed by atoms with van der Waals surface area (Å²) in [6.45, 7) is 7.40. The highest BCUT2D eigenvalue weighted by molar-refractivity contribution is 6.03. The molecule has 1 aromatic heterocycles. The number of aromatic nitrogens is 1. The first-order valence-electron chi connectivity index (χ1n) is 7.98. The van der Waals surface area contributed by atoms with E-state index in [4.69, 9.17) is 5.41 Å². The lowest BCUT2D eigenvalue weighted by atomic mass is 9.96. The predicted octanol–water partition coefficient (Wildman–Crippen LogP) is 4.88. The molecule has 0 fully saturated rings. The Morgan fingerprint density at radius 2 is 2.00 bits per heavy atom. The van der Waals surface area contributed by atoms with Crippen LogP contribution in [-0.2, 0) is 0 Å². The number of rotatable bonds is 10. The maximum Gasteiger partial charge on any atom is 0.135 e. The van der Waals surface area contributed by atoms with Crippen LogP contribution in [0.4, 0.5) is 5.82 Å². The van der Waals surface area contributed by atoms with Crippen molar-refractivity contribution in [2.45, 2.75) is 59.3 Å². The molecule has 3 heteroatoms. The number of hydrogen-bond acceptors (Lipinski definition) is 3. The first kappa shape index (κ1) is 16.7. The third-order valence-corrected chi connectivity index (χ3v) is 3.78. The van der Waals surface area contributed by atoms with Crippen LogP contribution in [0.15, 0.2) is 18.3 Å². The highest BCUT2D eigenvalue weighted by Gasteiger charge is 2.13. The van der Waals surface area contributed by atoms with Crippen molar-refractivity contribution in [3.05, 3.63) is 23.9 Å². The SMILES string of the molecule is CCCCCCCNc1ncccc1C(=N)C(C)CC. The molecule has 0 aromatic carbocycles. The van der Waals surface area contributed by atoms with Crippen LogP contribution in [0.5, 0.6) is 0 Å². The average Bonchev–Trinajstić information content (AvgIpc) is 2.49. The molecule has 0 aliphatic rings. The number of hydrogen-bond donors (Lipinski definition) is 2. The molecule has 3 nitrogen and oxygen atoms in total.